The van der Waals surface area contributed by atoms with Crippen molar-refractivity contribution in [1.82, 2.24) is 9.47 Å². The number of amides is 2. The van der Waals surface area contributed by atoms with Crippen molar-refractivity contribution in [1.29, 1.82) is 0 Å². The molecule has 0 unspecified atom stereocenters. The first-order chi connectivity index (χ1) is 14.1. The van der Waals surface area contributed by atoms with E-state index in [0.717, 1.165) is 0 Å². The average Bonchev–Trinajstić information content (AvgIpc) is 3.42. The second-order valence-electron chi connectivity index (χ2n) is 6.90. The molecule has 8 heteroatoms. The number of hydrogen-bond donors (Lipinski definition) is 0. The molecule has 1 fully saturated rings. The van der Waals surface area contributed by atoms with Crippen LogP contribution in [-0.4, -0.2) is 34.4 Å². The molecule has 2 aromatic heterocycles. The number of hydrogen-bond acceptors (Lipinski definition) is 4. The highest BCUT2D eigenvalue weighted by Crippen LogP contribution is 2.20. The summed E-state index contributed by atoms with van der Waals surface area (Å²) in [6.45, 7) is 1.30. The van der Waals surface area contributed by atoms with Crippen LogP contribution in [0.4, 0.5) is 4.39 Å². The number of furan rings is 1. The number of carbonyl (C=O) groups excluding carboxylic acids is 2. The smallest absolute Gasteiger partial charge is 0.289 e. The molecule has 1 saturated heterocycles. The largest absolute Gasteiger partial charge is 0.459 e. The van der Waals surface area contributed by atoms with E-state index < -0.39 is 0 Å². The Hall–Kier alpha value is -3.00. The van der Waals surface area contributed by atoms with Gasteiger partial charge in [-0.15, -0.1) is 11.3 Å². The molecule has 2 amide bonds. The minimum Gasteiger partial charge on any atom is -0.459 e. The van der Waals surface area contributed by atoms with Gasteiger partial charge in [0, 0.05) is 36.1 Å². The van der Waals surface area contributed by atoms with Crippen molar-refractivity contribution in [3.63, 3.8) is 0 Å². The van der Waals surface area contributed by atoms with Crippen molar-refractivity contribution < 1.29 is 18.4 Å². The molecule has 0 radical (unpaired) electrons. The molecule has 150 valence electrons. The highest BCUT2D eigenvalue weighted by Gasteiger charge is 2.28. The summed E-state index contributed by atoms with van der Waals surface area (Å²) in [5.74, 6) is -0.539. The minimum absolute atomic E-state index is 0.154. The van der Waals surface area contributed by atoms with Crippen LogP contribution in [0.1, 0.15) is 29.0 Å². The Morgan fingerprint density at radius 1 is 1.17 bits per heavy atom. The van der Waals surface area contributed by atoms with Gasteiger partial charge in [-0.2, -0.15) is 4.99 Å². The van der Waals surface area contributed by atoms with Gasteiger partial charge >= 0.3 is 0 Å². The lowest BCUT2D eigenvalue weighted by Crippen LogP contribution is -2.40. The summed E-state index contributed by atoms with van der Waals surface area (Å²) >= 11 is 1.35. The molecule has 4 rings (SSSR count). The average molecular weight is 413 g/mol. The molecule has 29 heavy (non-hydrogen) atoms. The minimum atomic E-state index is -0.280. The lowest BCUT2D eigenvalue weighted by molar-refractivity contribution is -0.123. The molecular formula is C21H20FN3O3S. The second kappa shape index (κ2) is 8.57. The number of halogens is 1. The van der Waals surface area contributed by atoms with E-state index in [0.29, 0.717) is 48.6 Å². The summed E-state index contributed by atoms with van der Waals surface area (Å²) in [6.07, 6.45) is 4.40. The quantitative estimate of drug-likeness (QED) is 0.659. The van der Waals surface area contributed by atoms with Crippen LogP contribution in [-0.2, 0) is 11.3 Å². The summed E-state index contributed by atoms with van der Waals surface area (Å²) in [6, 6.07) is 9.89. The van der Waals surface area contributed by atoms with E-state index in [1.807, 2.05) is 5.38 Å². The van der Waals surface area contributed by atoms with Crippen LogP contribution in [0.15, 0.2) is 63.6 Å². The number of thiazole rings is 1. The number of likely N-dealkylation sites (tertiary alicyclic amines) is 1. The third-order valence-corrected chi connectivity index (χ3v) is 5.82. The molecule has 3 aromatic rings. The normalized spacial score (nSPS) is 15.6. The van der Waals surface area contributed by atoms with Gasteiger partial charge in [-0.3, -0.25) is 9.59 Å². The van der Waals surface area contributed by atoms with Gasteiger partial charge in [0.1, 0.15) is 5.82 Å². The van der Waals surface area contributed by atoms with Crippen molar-refractivity contribution in [2.24, 2.45) is 10.9 Å². The van der Waals surface area contributed by atoms with Crippen LogP contribution in [0.2, 0.25) is 0 Å². The predicted molar refractivity (Wildman–Crippen MR) is 106 cm³/mol. The molecule has 3 heterocycles. The molecule has 1 aliphatic heterocycles. The maximum absolute atomic E-state index is 13.9. The number of benzene rings is 1. The van der Waals surface area contributed by atoms with Gasteiger partial charge in [-0.05, 0) is 31.0 Å². The van der Waals surface area contributed by atoms with E-state index in [9.17, 15) is 14.0 Å². The van der Waals surface area contributed by atoms with E-state index in [1.165, 1.54) is 23.7 Å². The summed E-state index contributed by atoms with van der Waals surface area (Å²) in [5.41, 5.74) is 0.546. The number of aromatic nitrogens is 1. The third-order valence-electron chi connectivity index (χ3n) is 5.03. The number of carbonyl (C=O) groups is 2. The van der Waals surface area contributed by atoms with E-state index in [4.69, 9.17) is 4.42 Å². The zero-order valence-electron chi connectivity index (χ0n) is 15.7. The van der Waals surface area contributed by atoms with Gasteiger partial charge in [-0.1, -0.05) is 18.2 Å². The Labute approximate surface area is 170 Å². The van der Waals surface area contributed by atoms with Crippen molar-refractivity contribution >= 4 is 23.2 Å². The van der Waals surface area contributed by atoms with Gasteiger partial charge in [0.25, 0.3) is 11.8 Å². The summed E-state index contributed by atoms with van der Waals surface area (Å²) < 4.78 is 20.9. The van der Waals surface area contributed by atoms with E-state index in [1.54, 1.807) is 46.0 Å². The van der Waals surface area contributed by atoms with Gasteiger partial charge in [0.15, 0.2) is 10.6 Å². The third kappa shape index (κ3) is 4.37. The van der Waals surface area contributed by atoms with Gasteiger partial charge in [0.2, 0.25) is 0 Å². The molecule has 6 nitrogen and oxygen atoms in total. The molecule has 0 N–H and O–H groups in total. The van der Waals surface area contributed by atoms with E-state index in [-0.39, 0.29) is 23.5 Å². The molecule has 0 spiro atoms. The van der Waals surface area contributed by atoms with Crippen LogP contribution in [0.3, 0.4) is 0 Å². The van der Waals surface area contributed by atoms with E-state index in [2.05, 4.69) is 4.99 Å². The Balaban J connectivity index is 1.41. The Bertz CT molecular complexity index is 1060. The Kier molecular flexibility index (Phi) is 5.71. The summed E-state index contributed by atoms with van der Waals surface area (Å²) in [7, 11) is 0. The Morgan fingerprint density at radius 3 is 2.69 bits per heavy atom. The van der Waals surface area contributed by atoms with Gasteiger partial charge in [0.05, 0.1) is 12.8 Å². The molecule has 0 aliphatic carbocycles. The zero-order valence-corrected chi connectivity index (χ0v) is 16.5. The highest BCUT2D eigenvalue weighted by molar-refractivity contribution is 7.07. The first-order valence-electron chi connectivity index (χ1n) is 9.40. The lowest BCUT2D eigenvalue weighted by Gasteiger charge is -2.29. The standard InChI is InChI=1S/C21H20FN3O3S/c22-17-5-2-1-4-16(17)14-25-11-13-29-21(25)23-19(26)15-7-9-24(10-8-15)20(27)18-6-3-12-28-18/h1-6,11-13,15H,7-10,14H2. The topological polar surface area (TPSA) is 67.8 Å². The number of nitrogens with zero attached hydrogens (tertiary/aromatic N) is 3. The summed E-state index contributed by atoms with van der Waals surface area (Å²) in [4.78, 5) is 31.5. The van der Waals surface area contributed by atoms with Crippen LogP contribution in [0.5, 0.6) is 0 Å². The molecule has 0 atom stereocenters. The molecule has 0 bridgehead atoms. The maximum Gasteiger partial charge on any atom is 0.289 e. The SMILES string of the molecule is O=C(N=c1sccn1Cc1ccccc1F)C1CCN(C(=O)c2ccco2)CC1. The fraction of sp³-hybridized carbons (Fsp3) is 0.286. The predicted octanol–water partition coefficient (Wildman–Crippen LogP) is 3.31. The van der Waals surface area contributed by atoms with Crippen LogP contribution >= 0.6 is 11.3 Å². The molecule has 1 aromatic carbocycles. The molecule has 0 saturated carbocycles. The number of piperidine rings is 1. The van der Waals surface area contributed by atoms with Crippen LogP contribution < -0.4 is 4.80 Å². The first-order valence-corrected chi connectivity index (χ1v) is 10.3. The highest BCUT2D eigenvalue weighted by atomic mass is 32.1. The Morgan fingerprint density at radius 2 is 1.97 bits per heavy atom. The number of rotatable bonds is 4. The first kappa shape index (κ1) is 19.3. The van der Waals surface area contributed by atoms with Crippen molar-refractivity contribution in [2.45, 2.75) is 19.4 Å². The van der Waals surface area contributed by atoms with Crippen molar-refractivity contribution in [3.05, 3.63) is 76.2 Å². The van der Waals surface area contributed by atoms with Crippen LogP contribution in [0, 0.1) is 11.7 Å². The van der Waals surface area contributed by atoms with Crippen LogP contribution in [0.25, 0.3) is 0 Å². The zero-order chi connectivity index (χ0) is 20.2. The maximum atomic E-state index is 13.9. The fourth-order valence-electron chi connectivity index (χ4n) is 3.39. The molecular weight excluding hydrogens is 393 g/mol. The van der Waals surface area contributed by atoms with Crippen molar-refractivity contribution in [3.8, 4) is 0 Å². The molecule has 1 aliphatic rings. The lowest BCUT2D eigenvalue weighted by atomic mass is 9.96. The van der Waals surface area contributed by atoms with Crippen molar-refractivity contribution in [2.75, 3.05) is 13.1 Å². The van der Waals surface area contributed by atoms with Gasteiger partial charge < -0.3 is 13.9 Å². The second-order valence-corrected chi connectivity index (χ2v) is 7.77. The monoisotopic (exact) mass is 413 g/mol. The fourth-order valence-corrected chi connectivity index (χ4v) is 4.12. The summed E-state index contributed by atoms with van der Waals surface area (Å²) in [5, 5.41) is 1.83. The van der Waals surface area contributed by atoms with Gasteiger partial charge in [-0.25, -0.2) is 4.39 Å². The van der Waals surface area contributed by atoms with E-state index >= 15 is 0 Å².